The van der Waals surface area contributed by atoms with Crippen LogP contribution < -0.4 is 4.72 Å². The van der Waals surface area contributed by atoms with Crippen LogP contribution >= 0.6 is 11.6 Å². The Hall–Kier alpha value is -1.67. The van der Waals surface area contributed by atoms with Crippen molar-refractivity contribution in [1.29, 1.82) is 0 Å². The maximum absolute atomic E-state index is 13.6. The average molecular weight is 333 g/mol. The van der Waals surface area contributed by atoms with Gasteiger partial charge in [-0.05, 0) is 18.1 Å². The first-order valence-corrected chi connectivity index (χ1v) is 8.01. The molecule has 2 aromatic heterocycles. The van der Waals surface area contributed by atoms with E-state index in [1.807, 2.05) is 13.8 Å². The molecule has 0 unspecified atom stereocenters. The third-order valence-corrected chi connectivity index (χ3v) is 4.11. The van der Waals surface area contributed by atoms with Gasteiger partial charge in [-0.2, -0.15) is 9.49 Å². The summed E-state index contributed by atoms with van der Waals surface area (Å²) >= 11 is 5.50. The highest BCUT2D eigenvalue weighted by atomic mass is 35.5. The smallest absolute Gasteiger partial charge is 0.266 e. The number of rotatable bonds is 5. The first-order chi connectivity index (χ1) is 9.78. The van der Waals surface area contributed by atoms with Gasteiger partial charge in [-0.25, -0.2) is 13.4 Å². The second-order valence-electron chi connectivity index (χ2n) is 4.87. The summed E-state index contributed by atoms with van der Waals surface area (Å²) in [5.74, 6) is -0.781. The lowest BCUT2D eigenvalue weighted by Crippen LogP contribution is -2.15. The number of nitrogens with zero attached hydrogens (tertiary/aromatic N) is 3. The van der Waals surface area contributed by atoms with Gasteiger partial charge in [0, 0.05) is 12.7 Å². The molecule has 0 aliphatic carbocycles. The van der Waals surface area contributed by atoms with E-state index in [2.05, 4.69) is 14.8 Å². The Morgan fingerprint density at radius 1 is 1.43 bits per heavy atom. The SMILES string of the molecule is CC(C)Cn1cc(NS(=O)(=O)c2ccc(Cl)nc2F)cn1. The summed E-state index contributed by atoms with van der Waals surface area (Å²) in [6.45, 7) is 4.68. The zero-order valence-corrected chi connectivity index (χ0v) is 13.0. The van der Waals surface area contributed by atoms with Gasteiger partial charge in [0.05, 0.1) is 11.9 Å². The standard InChI is InChI=1S/C12H14ClFN4O2S/c1-8(2)6-18-7-9(5-15-18)17-21(19,20)10-3-4-11(13)16-12(10)14/h3-5,7-8,17H,6H2,1-2H3. The van der Waals surface area contributed by atoms with Gasteiger partial charge in [-0.3, -0.25) is 9.40 Å². The van der Waals surface area contributed by atoms with E-state index in [0.717, 1.165) is 6.07 Å². The number of hydrogen-bond donors (Lipinski definition) is 1. The molecule has 0 saturated heterocycles. The minimum atomic E-state index is -4.08. The Morgan fingerprint density at radius 2 is 2.14 bits per heavy atom. The molecule has 0 fully saturated rings. The van der Waals surface area contributed by atoms with E-state index in [0.29, 0.717) is 12.5 Å². The Bertz CT molecular complexity index is 745. The molecule has 0 radical (unpaired) electrons. The Balaban J connectivity index is 2.23. The normalized spacial score (nSPS) is 11.9. The van der Waals surface area contributed by atoms with Crippen molar-refractivity contribution in [1.82, 2.24) is 14.8 Å². The molecule has 9 heteroatoms. The lowest BCUT2D eigenvalue weighted by atomic mass is 10.2. The van der Waals surface area contributed by atoms with Crippen molar-refractivity contribution in [3.63, 3.8) is 0 Å². The van der Waals surface area contributed by atoms with E-state index < -0.39 is 20.9 Å². The monoisotopic (exact) mass is 332 g/mol. The zero-order valence-electron chi connectivity index (χ0n) is 11.4. The van der Waals surface area contributed by atoms with Crippen molar-refractivity contribution in [2.45, 2.75) is 25.3 Å². The number of anilines is 1. The number of nitrogens with one attached hydrogen (secondary N) is 1. The largest absolute Gasteiger partial charge is 0.276 e. The van der Waals surface area contributed by atoms with E-state index in [1.54, 1.807) is 10.9 Å². The molecule has 1 N–H and O–H groups in total. The van der Waals surface area contributed by atoms with Crippen LogP contribution in [0.2, 0.25) is 5.15 Å². The van der Waals surface area contributed by atoms with Crippen molar-refractivity contribution in [3.8, 4) is 0 Å². The molecule has 0 bridgehead atoms. The number of halogens is 2. The number of sulfonamides is 1. The van der Waals surface area contributed by atoms with Crippen LogP contribution in [0.3, 0.4) is 0 Å². The molecule has 0 aliphatic heterocycles. The minimum Gasteiger partial charge on any atom is -0.276 e. The second kappa shape index (κ2) is 5.98. The van der Waals surface area contributed by atoms with Crippen LogP contribution in [0.15, 0.2) is 29.4 Å². The van der Waals surface area contributed by atoms with Gasteiger partial charge in [0.15, 0.2) is 0 Å². The van der Waals surface area contributed by atoms with Crippen LogP contribution in [0, 0.1) is 11.9 Å². The maximum Gasteiger partial charge on any atom is 0.266 e. The van der Waals surface area contributed by atoms with Gasteiger partial charge in [0.2, 0.25) is 5.95 Å². The third kappa shape index (κ3) is 3.92. The molecule has 0 spiro atoms. The first kappa shape index (κ1) is 15.7. The van der Waals surface area contributed by atoms with Crippen LogP contribution in [0.1, 0.15) is 13.8 Å². The fourth-order valence-corrected chi connectivity index (χ4v) is 2.88. The summed E-state index contributed by atoms with van der Waals surface area (Å²) in [4.78, 5) is 2.72. The van der Waals surface area contributed by atoms with Crippen LogP contribution in [0.25, 0.3) is 0 Å². The Kier molecular flexibility index (Phi) is 4.48. The maximum atomic E-state index is 13.6. The summed E-state index contributed by atoms with van der Waals surface area (Å²) in [6.07, 6.45) is 2.90. The summed E-state index contributed by atoms with van der Waals surface area (Å²) in [7, 11) is -4.08. The van der Waals surface area contributed by atoms with Crippen molar-refractivity contribution in [3.05, 3.63) is 35.6 Å². The predicted molar refractivity (Wildman–Crippen MR) is 77.1 cm³/mol. The van der Waals surface area contributed by atoms with Gasteiger partial charge in [-0.1, -0.05) is 25.4 Å². The lowest BCUT2D eigenvalue weighted by Gasteiger charge is -2.06. The lowest BCUT2D eigenvalue weighted by molar-refractivity contribution is 0.483. The van der Waals surface area contributed by atoms with Crippen molar-refractivity contribution in [2.24, 2.45) is 5.92 Å². The predicted octanol–water partition coefficient (Wildman–Crippen LogP) is 2.53. The van der Waals surface area contributed by atoms with Gasteiger partial charge in [0.1, 0.15) is 10.0 Å². The topological polar surface area (TPSA) is 76.9 Å². The fourth-order valence-electron chi connectivity index (χ4n) is 1.70. The Morgan fingerprint density at radius 3 is 2.76 bits per heavy atom. The van der Waals surface area contributed by atoms with Crippen LogP contribution in [-0.4, -0.2) is 23.2 Å². The fraction of sp³-hybridized carbons (Fsp3) is 0.333. The van der Waals surface area contributed by atoms with Crippen molar-refractivity contribution in [2.75, 3.05) is 4.72 Å². The van der Waals surface area contributed by atoms with E-state index in [9.17, 15) is 12.8 Å². The van der Waals surface area contributed by atoms with E-state index in [-0.39, 0.29) is 10.8 Å². The molecule has 0 aliphatic rings. The van der Waals surface area contributed by atoms with E-state index >= 15 is 0 Å². The van der Waals surface area contributed by atoms with Gasteiger partial charge >= 0.3 is 0 Å². The molecule has 0 saturated carbocycles. The number of hydrogen-bond acceptors (Lipinski definition) is 4. The van der Waals surface area contributed by atoms with E-state index in [4.69, 9.17) is 11.6 Å². The highest BCUT2D eigenvalue weighted by Crippen LogP contribution is 2.19. The molecular formula is C12H14ClFN4O2S. The third-order valence-electron chi connectivity index (χ3n) is 2.51. The van der Waals surface area contributed by atoms with Crippen LogP contribution in [0.5, 0.6) is 0 Å². The molecule has 6 nitrogen and oxygen atoms in total. The molecule has 21 heavy (non-hydrogen) atoms. The number of pyridine rings is 1. The zero-order chi connectivity index (χ0) is 15.6. The molecule has 0 atom stereocenters. The molecule has 2 heterocycles. The summed E-state index contributed by atoms with van der Waals surface area (Å²) in [5, 5.41) is 3.92. The highest BCUT2D eigenvalue weighted by Gasteiger charge is 2.21. The molecule has 0 aromatic carbocycles. The summed E-state index contributed by atoms with van der Waals surface area (Å²) in [5.41, 5.74) is 0.255. The van der Waals surface area contributed by atoms with E-state index in [1.165, 1.54) is 12.3 Å². The van der Waals surface area contributed by atoms with Gasteiger partial charge < -0.3 is 0 Å². The highest BCUT2D eigenvalue weighted by molar-refractivity contribution is 7.92. The molecule has 114 valence electrons. The Labute approximate surface area is 127 Å². The quantitative estimate of drug-likeness (QED) is 0.853. The molecule has 2 aromatic rings. The van der Waals surface area contributed by atoms with Gasteiger partial charge in [0.25, 0.3) is 10.0 Å². The second-order valence-corrected chi connectivity index (χ2v) is 6.91. The van der Waals surface area contributed by atoms with Crippen molar-refractivity contribution < 1.29 is 12.8 Å². The molecule has 0 amide bonds. The first-order valence-electron chi connectivity index (χ1n) is 6.15. The molecule has 2 rings (SSSR count). The number of aromatic nitrogens is 3. The molecular weight excluding hydrogens is 319 g/mol. The van der Waals surface area contributed by atoms with Crippen LogP contribution in [0.4, 0.5) is 10.1 Å². The summed E-state index contributed by atoms with van der Waals surface area (Å²) < 4.78 is 41.6. The summed E-state index contributed by atoms with van der Waals surface area (Å²) in [6, 6.07) is 2.27. The average Bonchev–Trinajstić information content (AvgIpc) is 2.73. The van der Waals surface area contributed by atoms with Crippen LogP contribution in [-0.2, 0) is 16.6 Å². The van der Waals surface area contributed by atoms with Gasteiger partial charge in [-0.15, -0.1) is 0 Å². The minimum absolute atomic E-state index is 0.115. The van der Waals surface area contributed by atoms with Crippen molar-refractivity contribution >= 4 is 27.3 Å².